The maximum atomic E-state index is 5.37. The summed E-state index contributed by atoms with van der Waals surface area (Å²) in [5.41, 5.74) is 1.34. The van der Waals surface area contributed by atoms with Crippen LogP contribution >= 0.6 is 11.8 Å². The van der Waals surface area contributed by atoms with E-state index in [-0.39, 0.29) is 0 Å². The minimum Gasteiger partial charge on any atom is -0.377 e. The molecule has 0 amide bonds. The van der Waals surface area contributed by atoms with Crippen LogP contribution in [0.25, 0.3) is 0 Å². The highest BCUT2D eigenvalue weighted by molar-refractivity contribution is 7.98. The molecule has 0 aromatic heterocycles. The summed E-state index contributed by atoms with van der Waals surface area (Å²) < 4.78 is 16.1. The van der Waals surface area contributed by atoms with E-state index < -0.39 is 8.80 Å². The van der Waals surface area contributed by atoms with Gasteiger partial charge in [-0.05, 0) is 11.3 Å². The Hall–Kier alpha value is -0.333. The van der Waals surface area contributed by atoms with E-state index in [2.05, 4.69) is 24.3 Å². The zero-order chi connectivity index (χ0) is 12.6. The average Bonchev–Trinajstić information content (AvgIpc) is 2.41. The monoisotopic (exact) mass is 272 g/mol. The lowest BCUT2D eigenvalue weighted by atomic mass is 10.2. The van der Waals surface area contributed by atoms with Crippen molar-refractivity contribution in [3.8, 4) is 0 Å². The molecule has 3 nitrogen and oxygen atoms in total. The molecule has 0 N–H and O–H groups in total. The molecule has 0 saturated heterocycles. The third kappa shape index (κ3) is 4.81. The lowest BCUT2D eigenvalue weighted by molar-refractivity contribution is 0.125. The molecule has 1 rings (SSSR count). The van der Waals surface area contributed by atoms with Crippen molar-refractivity contribution in [2.24, 2.45) is 0 Å². The molecular weight excluding hydrogens is 252 g/mol. The van der Waals surface area contributed by atoms with E-state index in [4.69, 9.17) is 13.3 Å². The van der Waals surface area contributed by atoms with Gasteiger partial charge in [-0.15, -0.1) is 0 Å². The summed E-state index contributed by atoms with van der Waals surface area (Å²) in [6, 6.07) is 11.3. The molecule has 0 fully saturated rings. The maximum absolute atomic E-state index is 5.37. The van der Waals surface area contributed by atoms with Crippen molar-refractivity contribution < 1.29 is 13.3 Å². The Morgan fingerprint density at radius 3 is 2.12 bits per heavy atom. The molecule has 0 atom stereocenters. The van der Waals surface area contributed by atoms with Gasteiger partial charge in [-0.3, -0.25) is 0 Å². The summed E-state index contributed by atoms with van der Waals surface area (Å²) in [5.74, 6) is 2.00. The zero-order valence-electron chi connectivity index (χ0n) is 10.6. The van der Waals surface area contributed by atoms with Gasteiger partial charge in [0.2, 0.25) is 0 Å². The molecule has 0 heterocycles. The zero-order valence-corrected chi connectivity index (χ0v) is 12.5. The van der Waals surface area contributed by atoms with Crippen LogP contribution in [0.4, 0.5) is 0 Å². The van der Waals surface area contributed by atoms with Crippen molar-refractivity contribution in [3.05, 3.63) is 35.9 Å². The van der Waals surface area contributed by atoms with E-state index in [0.29, 0.717) is 0 Å². The van der Waals surface area contributed by atoms with Gasteiger partial charge in [0.05, 0.1) is 0 Å². The molecule has 0 aliphatic carbocycles. The van der Waals surface area contributed by atoms with Gasteiger partial charge in [0.15, 0.2) is 0 Å². The van der Waals surface area contributed by atoms with Gasteiger partial charge in [0, 0.05) is 33.1 Å². The van der Waals surface area contributed by atoms with Gasteiger partial charge in [-0.1, -0.05) is 30.3 Å². The van der Waals surface area contributed by atoms with Crippen molar-refractivity contribution in [1.29, 1.82) is 0 Å². The van der Waals surface area contributed by atoms with Crippen molar-refractivity contribution in [3.63, 3.8) is 0 Å². The molecule has 5 heteroatoms. The lowest BCUT2D eigenvalue weighted by Crippen LogP contribution is -2.43. The van der Waals surface area contributed by atoms with Gasteiger partial charge in [-0.25, -0.2) is 0 Å². The van der Waals surface area contributed by atoms with Crippen molar-refractivity contribution in [2.75, 3.05) is 27.1 Å². The predicted octanol–water partition coefficient (Wildman–Crippen LogP) is 2.80. The SMILES string of the molecule is CO[Si](CCSCc1ccccc1)(OC)OC. The largest absolute Gasteiger partial charge is 0.500 e. The molecular formula is C12H20O3SSi. The van der Waals surface area contributed by atoms with Crippen LogP contribution in [0.5, 0.6) is 0 Å². The van der Waals surface area contributed by atoms with Crippen LogP contribution in [0.3, 0.4) is 0 Å². The normalized spacial score (nSPS) is 11.7. The summed E-state index contributed by atoms with van der Waals surface area (Å²) in [5, 5.41) is 0. The third-order valence-electron chi connectivity index (χ3n) is 2.60. The molecule has 0 aliphatic rings. The van der Waals surface area contributed by atoms with Gasteiger partial charge >= 0.3 is 8.80 Å². The van der Waals surface area contributed by atoms with E-state index in [1.165, 1.54) is 5.56 Å². The molecule has 0 radical (unpaired) electrons. The molecule has 0 saturated carbocycles. The highest BCUT2D eigenvalue weighted by atomic mass is 32.2. The Morgan fingerprint density at radius 1 is 1.00 bits per heavy atom. The second-order valence-electron chi connectivity index (χ2n) is 3.58. The molecule has 96 valence electrons. The first-order valence-electron chi connectivity index (χ1n) is 5.53. The highest BCUT2D eigenvalue weighted by Crippen LogP contribution is 2.19. The first-order chi connectivity index (χ1) is 8.26. The molecule has 0 bridgehead atoms. The van der Waals surface area contributed by atoms with Crippen LogP contribution in [-0.4, -0.2) is 35.9 Å². The smallest absolute Gasteiger partial charge is 0.377 e. The van der Waals surface area contributed by atoms with Crippen LogP contribution in [-0.2, 0) is 19.0 Å². The summed E-state index contributed by atoms with van der Waals surface area (Å²) >= 11 is 1.87. The molecule has 0 aliphatic heterocycles. The van der Waals surface area contributed by atoms with E-state index in [1.54, 1.807) is 21.3 Å². The molecule has 0 unspecified atom stereocenters. The topological polar surface area (TPSA) is 27.7 Å². The van der Waals surface area contributed by atoms with E-state index in [0.717, 1.165) is 17.5 Å². The Bertz CT molecular complexity index is 296. The Kier molecular flexibility index (Phi) is 6.84. The summed E-state index contributed by atoms with van der Waals surface area (Å²) in [6.07, 6.45) is 0. The third-order valence-corrected chi connectivity index (χ3v) is 6.72. The van der Waals surface area contributed by atoms with E-state index in [1.807, 2.05) is 17.8 Å². The maximum Gasteiger partial charge on any atom is 0.500 e. The number of thioether (sulfide) groups is 1. The standard InChI is InChI=1S/C12H20O3SSi/c1-13-17(14-2,15-3)10-9-16-11-12-7-5-4-6-8-12/h4-8H,9-11H2,1-3H3. The summed E-state index contributed by atoms with van der Waals surface area (Å²) in [6.45, 7) is 0. The number of rotatable bonds is 8. The fourth-order valence-corrected chi connectivity index (χ4v) is 4.78. The minimum atomic E-state index is -2.38. The quantitative estimate of drug-likeness (QED) is 0.537. The first kappa shape index (κ1) is 14.7. The fraction of sp³-hybridized carbons (Fsp3) is 0.500. The Morgan fingerprint density at radius 2 is 1.59 bits per heavy atom. The average molecular weight is 272 g/mol. The molecule has 1 aromatic carbocycles. The van der Waals surface area contributed by atoms with E-state index >= 15 is 0 Å². The molecule has 1 aromatic rings. The number of benzene rings is 1. The van der Waals surface area contributed by atoms with Gasteiger partial charge < -0.3 is 13.3 Å². The van der Waals surface area contributed by atoms with Crippen LogP contribution < -0.4 is 0 Å². The Labute approximate surface area is 109 Å². The lowest BCUT2D eigenvalue weighted by Gasteiger charge is -2.23. The second-order valence-corrected chi connectivity index (χ2v) is 7.78. The van der Waals surface area contributed by atoms with Crippen LogP contribution in [0.2, 0.25) is 6.04 Å². The van der Waals surface area contributed by atoms with Gasteiger partial charge in [-0.2, -0.15) is 11.8 Å². The van der Waals surface area contributed by atoms with Gasteiger partial charge in [0.1, 0.15) is 0 Å². The van der Waals surface area contributed by atoms with Crippen molar-refractivity contribution in [2.45, 2.75) is 11.8 Å². The van der Waals surface area contributed by atoms with Crippen LogP contribution in [0, 0.1) is 0 Å². The number of hydrogen-bond donors (Lipinski definition) is 0. The molecule has 17 heavy (non-hydrogen) atoms. The van der Waals surface area contributed by atoms with Crippen molar-refractivity contribution in [1.82, 2.24) is 0 Å². The fourth-order valence-electron chi connectivity index (χ4n) is 1.52. The van der Waals surface area contributed by atoms with E-state index in [9.17, 15) is 0 Å². The van der Waals surface area contributed by atoms with Crippen LogP contribution in [0.15, 0.2) is 30.3 Å². The predicted molar refractivity (Wildman–Crippen MR) is 74.2 cm³/mol. The summed E-state index contributed by atoms with van der Waals surface area (Å²) in [7, 11) is 2.59. The Balaban J connectivity index is 2.28. The van der Waals surface area contributed by atoms with Crippen LogP contribution in [0.1, 0.15) is 5.56 Å². The molecule has 0 spiro atoms. The summed E-state index contributed by atoms with van der Waals surface area (Å²) in [4.78, 5) is 0. The van der Waals surface area contributed by atoms with Crippen molar-refractivity contribution >= 4 is 20.6 Å². The first-order valence-corrected chi connectivity index (χ1v) is 8.62. The number of hydrogen-bond acceptors (Lipinski definition) is 4. The second kappa shape index (κ2) is 7.89. The minimum absolute atomic E-state index is 0.841. The highest BCUT2D eigenvalue weighted by Gasteiger charge is 2.36. The van der Waals surface area contributed by atoms with Gasteiger partial charge in [0.25, 0.3) is 0 Å².